The van der Waals surface area contributed by atoms with Crippen LogP contribution in [0.2, 0.25) is 0 Å². The van der Waals surface area contributed by atoms with Crippen molar-refractivity contribution in [2.45, 2.75) is 32.1 Å². The van der Waals surface area contributed by atoms with Gasteiger partial charge >= 0.3 is 0 Å². The van der Waals surface area contributed by atoms with Crippen molar-refractivity contribution in [3.63, 3.8) is 0 Å². The van der Waals surface area contributed by atoms with Gasteiger partial charge in [-0.2, -0.15) is 0 Å². The fraction of sp³-hybridized carbons (Fsp3) is 0.500. The van der Waals surface area contributed by atoms with E-state index in [9.17, 15) is 14.4 Å². The van der Waals surface area contributed by atoms with Gasteiger partial charge in [0, 0.05) is 50.3 Å². The second kappa shape index (κ2) is 7.47. The predicted molar refractivity (Wildman–Crippen MR) is 90.8 cm³/mol. The minimum Gasteiger partial charge on any atom is -0.352 e. The van der Waals surface area contributed by atoms with E-state index in [0.717, 1.165) is 38.0 Å². The zero-order chi connectivity index (χ0) is 16.9. The lowest BCUT2D eigenvalue weighted by Crippen LogP contribution is -2.30. The highest BCUT2D eigenvalue weighted by atomic mass is 16.2. The van der Waals surface area contributed by atoms with Crippen molar-refractivity contribution in [2.24, 2.45) is 0 Å². The molecule has 128 valence electrons. The molecule has 0 bridgehead atoms. The van der Waals surface area contributed by atoms with Crippen LogP contribution in [0.5, 0.6) is 0 Å². The molecule has 0 saturated carbocycles. The Labute approximate surface area is 141 Å². The zero-order valence-corrected chi connectivity index (χ0v) is 13.8. The van der Waals surface area contributed by atoms with Gasteiger partial charge in [0.1, 0.15) is 0 Å². The van der Waals surface area contributed by atoms with E-state index in [-0.39, 0.29) is 17.7 Å². The SMILES string of the molecule is O=C(NCCCN1CCCC1=O)c1ccc(N2CCCC2=O)cc1. The molecule has 1 aromatic carbocycles. The van der Waals surface area contributed by atoms with E-state index in [1.807, 2.05) is 17.0 Å². The summed E-state index contributed by atoms with van der Waals surface area (Å²) in [5.74, 6) is 0.235. The average Bonchev–Trinajstić information content (AvgIpc) is 3.20. The fourth-order valence-electron chi connectivity index (χ4n) is 3.23. The van der Waals surface area contributed by atoms with Crippen LogP contribution in [0.1, 0.15) is 42.5 Å². The first-order valence-electron chi connectivity index (χ1n) is 8.61. The maximum Gasteiger partial charge on any atom is 0.251 e. The third-order valence-corrected chi connectivity index (χ3v) is 4.58. The summed E-state index contributed by atoms with van der Waals surface area (Å²) in [6.07, 6.45) is 3.84. The highest BCUT2D eigenvalue weighted by Gasteiger charge is 2.22. The number of nitrogens with zero attached hydrogens (tertiary/aromatic N) is 2. The van der Waals surface area contributed by atoms with Crippen molar-refractivity contribution in [1.29, 1.82) is 0 Å². The number of carbonyl (C=O) groups is 3. The largest absolute Gasteiger partial charge is 0.352 e. The molecule has 1 N–H and O–H groups in total. The maximum atomic E-state index is 12.1. The normalized spacial score (nSPS) is 17.7. The van der Waals surface area contributed by atoms with Crippen LogP contribution in [0, 0.1) is 0 Å². The van der Waals surface area contributed by atoms with Crippen LogP contribution in [0.3, 0.4) is 0 Å². The molecule has 0 aromatic heterocycles. The van der Waals surface area contributed by atoms with Gasteiger partial charge in [0.25, 0.3) is 5.91 Å². The van der Waals surface area contributed by atoms with Crippen molar-refractivity contribution >= 4 is 23.4 Å². The molecule has 2 heterocycles. The molecule has 0 radical (unpaired) electrons. The summed E-state index contributed by atoms with van der Waals surface area (Å²) in [6.45, 7) is 2.84. The van der Waals surface area contributed by atoms with Crippen molar-refractivity contribution < 1.29 is 14.4 Å². The Bertz CT molecular complexity index is 627. The second-order valence-corrected chi connectivity index (χ2v) is 6.29. The van der Waals surface area contributed by atoms with Crippen molar-refractivity contribution in [3.05, 3.63) is 29.8 Å². The molecule has 6 nitrogen and oxygen atoms in total. The number of hydrogen-bond acceptors (Lipinski definition) is 3. The van der Waals surface area contributed by atoms with Gasteiger partial charge in [-0.3, -0.25) is 14.4 Å². The van der Waals surface area contributed by atoms with E-state index >= 15 is 0 Å². The first-order chi connectivity index (χ1) is 11.6. The Morgan fingerprint density at radius 1 is 1.00 bits per heavy atom. The Kier molecular flexibility index (Phi) is 5.13. The maximum absolute atomic E-state index is 12.1. The van der Waals surface area contributed by atoms with Crippen LogP contribution in [0.25, 0.3) is 0 Å². The number of amides is 3. The molecule has 0 aliphatic carbocycles. The molecule has 3 amide bonds. The van der Waals surface area contributed by atoms with Gasteiger partial charge in [-0.1, -0.05) is 0 Å². The number of hydrogen-bond donors (Lipinski definition) is 1. The number of anilines is 1. The molecule has 6 heteroatoms. The van der Waals surface area contributed by atoms with Gasteiger partial charge in [-0.25, -0.2) is 0 Å². The van der Waals surface area contributed by atoms with E-state index < -0.39 is 0 Å². The van der Waals surface area contributed by atoms with Crippen LogP contribution < -0.4 is 10.2 Å². The molecule has 0 unspecified atom stereocenters. The van der Waals surface area contributed by atoms with E-state index in [2.05, 4.69) is 5.32 Å². The lowest BCUT2D eigenvalue weighted by atomic mass is 10.2. The van der Waals surface area contributed by atoms with E-state index in [1.54, 1.807) is 17.0 Å². The summed E-state index contributed by atoms with van der Waals surface area (Å²) >= 11 is 0. The minimum atomic E-state index is -0.123. The quantitative estimate of drug-likeness (QED) is 0.805. The molecule has 0 spiro atoms. The average molecular weight is 329 g/mol. The van der Waals surface area contributed by atoms with Crippen LogP contribution in [0.15, 0.2) is 24.3 Å². The van der Waals surface area contributed by atoms with Crippen molar-refractivity contribution in [1.82, 2.24) is 10.2 Å². The Morgan fingerprint density at radius 3 is 2.33 bits per heavy atom. The summed E-state index contributed by atoms with van der Waals surface area (Å²) in [4.78, 5) is 39.0. The number of rotatable bonds is 6. The van der Waals surface area contributed by atoms with E-state index in [4.69, 9.17) is 0 Å². The zero-order valence-electron chi connectivity index (χ0n) is 13.8. The molecule has 3 rings (SSSR count). The lowest BCUT2D eigenvalue weighted by Gasteiger charge is -2.16. The van der Waals surface area contributed by atoms with Crippen molar-refractivity contribution in [3.8, 4) is 0 Å². The molecule has 24 heavy (non-hydrogen) atoms. The fourth-order valence-corrected chi connectivity index (χ4v) is 3.23. The van der Waals surface area contributed by atoms with Gasteiger partial charge < -0.3 is 15.1 Å². The third kappa shape index (κ3) is 3.75. The van der Waals surface area contributed by atoms with Gasteiger partial charge in [0.2, 0.25) is 11.8 Å². The highest BCUT2D eigenvalue weighted by Crippen LogP contribution is 2.21. The Hall–Kier alpha value is -2.37. The first kappa shape index (κ1) is 16.5. The van der Waals surface area contributed by atoms with Crippen LogP contribution >= 0.6 is 0 Å². The van der Waals surface area contributed by atoms with E-state index in [1.165, 1.54) is 0 Å². The van der Waals surface area contributed by atoms with Gasteiger partial charge in [-0.15, -0.1) is 0 Å². The van der Waals surface area contributed by atoms with Crippen LogP contribution in [-0.2, 0) is 9.59 Å². The first-order valence-corrected chi connectivity index (χ1v) is 8.61. The number of likely N-dealkylation sites (tertiary alicyclic amines) is 1. The molecule has 0 atom stereocenters. The minimum absolute atomic E-state index is 0.123. The topological polar surface area (TPSA) is 69.7 Å². The molecular weight excluding hydrogens is 306 g/mol. The number of benzene rings is 1. The summed E-state index contributed by atoms with van der Waals surface area (Å²) in [7, 11) is 0. The van der Waals surface area contributed by atoms with Gasteiger partial charge in [0.05, 0.1) is 0 Å². The summed E-state index contributed by atoms with van der Waals surface area (Å²) in [6, 6.07) is 7.14. The summed E-state index contributed by atoms with van der Waals surface area (Å²) in [5, 5.41) is 2.88. The third-order valence-electron chi connectivity index (χ3n) is 4.58. The molecule has 1 aromatic rings. The molecule has 2 aliphatic rings. The van der Waals surface area contributed by atoms with Crippen LogP contribution in [0.4, 0.5) is 5.69 Å². The summed E-state index contributed by atoms with van der Waals surface area (Å²) < 4.78 is 0. The van der Waals surface area contributed by atoms with E-state index in [0.29, 0.717) is 31.5 Å². The summed E-state index contributed by atoms with van der Waals surface area (Å²) in [5.41, 5.74) is 1.43. The van der Waals surface area contributed by atoms with Gasteiger partial charge in [-0.05, 0) is 43.5 Å². The Balaban J connectivity index is 1.45. The highest BCUT2D eigenvalue weighted by molar-refractivity contribution is 5.97. The monoisotopic (exact) mass is 329 g/mol. The van der Waals surface area contributed by atoms with Crippen molar-refractivity contribution in [2.75, 3.05) is 31.1 Å². The predicted octanol–water partition coefficient (Wildman–Crippen LogP) is 1.56. The number of nitrogens with one attached hydrogen (secondary N) is 1. The molecular formula is C18H23N3O3. The second-order valence-electron chi connectivity index (χ2n) is 6.29. The Morgan fingerprint density at radius 2 is 1.71 bits per heavy atom. The number of carbonyl (C=O) groups excluding carboxylic acids is 3. The van der Waals surface area contributed by atoms with Crippen LogP contribution in [-0.4, -0.2) is 48.8 Å². The molecule has 2 fully saturated rings. The molecule has 2 saturated heterocycles. The smallest absolute Gasteiger partial charge is 0.251 e. The van der Waals surface area contributed by atoms with Gasteiger partial charge in [0.15, 0.2) is 0 Å². The molecule has 2 aliphatic heterocycles. The standard InChI is InChI=1S/C18H23N3O3/c22-16-4-1-11-20(16)12-3-10-19-18(24)14-6-8-15(9-7-14)21-13-2-5-17(21)23/h6-9H,1-5,10-13H2,(H,19,24). The lowest BCUT2D eigenvalue weighted by molar-refractivity contribution is -0.127.